The first-order valence-electron chi connectivity index (χ1n) is 10.1. The molecule has 0 aromatic heterocycles. The molecule has 2 fully saturated rings. The van der Waals surface area contributed by atoms with E-state index >= 15 is 0 Å². The summed E-state index contributed by atoms with van der Waals surface area (Å²) >= 11 is 1.73. The number of benzene rings is 2. The molecule has 2 aromatic rings. The Morgan fingerprint density at radius 1 is 1.06 bits per heavy atom. The summed E-state index contributed by atoms with van der Waals surface area (Å²) in [5.74, 6) is 1.56. The third kappa shape index (κ3) is 2.52. The Hall–Kier alpha value is -3.20. The van der Waals surface area contributed by atoms with Gasteiger partial charge in [0.1, 0.15) is 0 Å². The van der Waals surface area contributed by atoms with Crippen LogP contribution in [-0.2, 0) is 16.0 Å². The third-order valence-corrected chi connectivity index (χ3v) is 7.52. The van der Waals surface area contributed by atoms with Crippen LogP contribution in [0.2, 0.25) is 0 Å². The zero-order chi connectivity index (χ0) is 21.2. The summed E-state index contributed by atoms with van der Waals surface area (Å²) in [5, 5.41) is 2.47. The van der Waals surface area contributed by atoms with Gasteiger partial charge in [0.15, 0.2) is 16.9 Å². The molecule has 2 atom stereocenters. The second kappa shape index (κ2) is 6.65. The first-order chi connectivity index (χ1) is 15.1. The summed E-state index contributed by atoms with van der Waals surface area (Å²) < 4.78 is 10.8. The van der Waals surface area contributed by atoms with Crippen molar-refractivity contribution in [2.75, 3.05) is 34.6 Å². The van der Waals surface area contributed by atoms with E-state index in [1.165, 1.54) is 0 Å². The molecule has 2 saturated heterocycles. The minimum Gasteiger partial charge on any atom is -0.454 e. The molecule has 0 radical (unpaired) electrons. The lowest BCUT2D eigenvalue weighted by Crippen LogP contribution is -2.73. The molecule has 1 N–H and O–H groups in total. The molecule has 8 nitrogen and oxygen atoms in total. The number of rotatable bonds is 1. The molecule has 1 spiro atoms. The molecule has 4 aliphatic heterocycles. The van der Waals surface area contributed by atoms with E-state index < -0.39 is 23.3 Å². The van der Waals surface area contributed by atoms with Gasteiger partial charge in [0.25, 0.3) is 5.91 Å². The van der Waals surface area contributed by atoms with Crippen molar-refractivity contribution < 1.29 is 23.9 Å². The number of para-hydroxylation sites is 1. The minimum absolute atomic E-state index is 0.0897. The maximum Gasteiger partial charge on any atom is 0.335 e. The van der Waals surface area contributed by atoms with Crippen molar-refractivity contribution in [2.45, 2.75) is 12.5 Å². The Morgan fingerprint density at radius 3 is 2.81 bits per heavy atom. The third-order valence-electron chi connectivity index (χ3n) is 6.50. The standard InChI is InChI=1S/C22H19N3O5S/c26-19-22(10-13-3-1-2-4-15(13)24-7-8-31-11-18(22)24)20(27)25(21(28)23-19)14-5-6-16-17(9-14)30-12-29-16/h1-6,9,18H,7-8,10-12H2,(H,23,26,28)/t18-,22-/m0/s1. The Kier molecular flexibility index (Phi) is 3.98. The number of amides is 4. The molecule has 4 amide bonds. The van der Waals surface area contributed by atoms with Crippen molar-refractivity contribution in [3.05, 3.63) is 48.0 Å². The lowest BCUT2D eigenvalue weighted by atomic mass is 9.69. The van der Waals surface area contributed by atoms with Gasteiger partial charge in [0.2, 0.25) is 12.7 Å². The highest BCUT2D eigenvalue weighted by Crippen LogP contribution is 2.47. The Bertz CT molecular complexity index is 1140. The average Bonchev–Trinajstić information content (AvgIpc) is 3.26. The molecule has 0 saturated carbocycles. The van der Waals surface area contributed by atoms with Gasteiger partial charge in [-0.1, -0.05) is 18.2 Å². The molecule has 6 rings (SSSR count). The molecule has 4 heterocycles. The second-order valence-corrected chi connectivity index (χ2v) is 9.15. The van der Waals surface area contributed by atoms with Gasteiger partial charge in [-0.2, -0.15) is 11.8 Å². The average molecular weight is 437 g/mol. The summed E-state index contributed by atoms with van der Waals surface area (Å²) in [5.41, 5.74) is 0.971. The molecule has 0 bridgehead atoms. The lowest BCUT2D eigenvalue weighted by Gasteiger charge is -2.53. The van der Waals surface area contributed by atoms with E-state index in [0.717, 1.165) is 28.4 Å². The number of carbonyl (C=O) groups is 3. The van der Waals surface area contributed by atoms with Gasteiger partial charge in [0.05, 0.1) is 11.7 Å². The van der Waals surface area contributed by atoms with Gasteiger partial charge in [-0.15, -0.1) is 0 Å². The van der Waals surface area contributed by atoms with Crippen molar-refractivity contribution >= 4 is 41.0 Å². The number of nitrogens with zero attached hydrogens (tertiary/aromatic N) is 2. The summed E-state index contributed by atoms with van der Waals surface area (Å²) in [6.45, 7) is 0.832. The summed E-state index contributed by atoms with van der Waals surface area (Å²) in [7, 11) is 0. The largest absolute Gasteiger partial charge is 0.454 e. The zero-order valence-corrected chi connectivity index (χ0v) is 17.3. The first-order valence-corrected chi connectivity index (χ1v) is 11.3. The molecular formula is C22H19N3O5S. The molecule has 0 unspecified atom stereocenters. The van der Waals surface area contributed by atoms with Crippen LogP contribution >= 0.6 is 11.8 Å². The maximum absolute atomic E-state index is 14.0. The van der Waals surface area contributed by atoms with E-state index in [-0.39, 0.29) is 19.3 Å². The quantitative estimate of drug-likeness (QED) is 0.684. The number of ether oxygens (including phenoxy) is 2. The number of hydrogen-bond acceptors (Lipinski definition) is 7. The van der Waals surface area contributed by atoms with Gasteiger partial charge in [-0.05, 0) is 30.2 Å². The van der Waals surface area contributed by atoms with Crippen molar-refractivity contribution in [1.29, 1.82) is 0 Å². The summed E-state index contributed by atoms with van der Waals surface area (Å²) in [6, 6.07) is 11.7. The van der Waals surface area contributed by atoms with Gasteiger partial charge in [-0.3, -0.25) is 14.9 Å². The number of urea groups is 1. The van der Waals surface area contributed by atoms with E-state index in [9.17, 15) is 14.4 Å². The molecule has 4 aliphatic rings. The molecular weight excluding hydrogens is 418 g/mol. The number of nitrogens with one attached hydrogen (secondary N) is 1. The van der Waals surface area contributed by atoms with Gasteiger partial charge in [0, 0.05) is 29.8 Å². The fraction of sp³-hybridized carbons (Fsp3) is 0.318. The normalized spacial score (nSPS) is 26.6. The second-order valence-electron chi connectivity index (χ2n) is 8.00. The van der Waals surface area contributed by atoms with Gasteiger partial charge < -0.3 is 14.4 Å². The fourth-order valence-corrected chi connectivity index (χ4v) is 6.20. The van der Waals surface area contributed by atoms with Crippen LogP contribution in [0, 0.1) is 5.41 Å². The molecule has 2 aromatic carbocycles. The fourth-order valence-electron chi connectivity index (χ4n) is 5.02. The number of fused-ring (bicyclic) bond motifs is 5. The van der Waals surface area contributed by atoms with Crippen LogP contribution in [0.25, 0.3) is 0 Å². The van der Waals surface area contributed by atoms with Crippen LogP contribution < -0.4 is 24.6 Å². The number of anilines is 2. The van der Waals surface area contributed by atoms with Crippen LogP contribution in [0.15, 0.2) is 42.5 Å². The maximum atomic E-state index is 14.0. The van der Waals surface area contributed by atoms with E-state index in [2.05, 4.69) is 10.2 Å². The minimum atomic E-state index is -1.38. The first kappa shape index (κ1) is 18.6. The SMILES string of the molecule is O=C1NC(=O)[C@@]2(Cc3ccccc3N3CCSC[C@H]32)C(=O)N1c1ccc2c(c1)OCO2. The van der Waals surface area contributed by atoms with E-state index in [4.69, 9.17) is 9.47 Å². The highest BCUT2D eigenvalue weighted by atomic mass is 32.2. The van der Waals surface area contributed by atoms with E-state index in [1.54, 1.807) is 30.0 Å². The molecule has 0 aliphatic carbocycles. The van der Waals surface area contributed by atoms with Crippen molar-refractivity contribution in [2.24, 2.45) is 5.41 Å². The van der Waals surface area contributed by atoms with Crippen LogP contribution in [0.3, 0.4) is 0 Å². The lowest BCUT2D eigenvalue weighted by molar-refractivity contribution is -0.144. The Morgan fingerprint density at radius 2 is 1.90 bits per heavy atom. The Balaban J connectivity index is 1.48. The summed E-state index contributed by atoms with van der Waals surface area (Å²) in [6.07, 6.45) is 0.254. The monoisotopic (exact) mass is 437 g/mol. The van der Waals surface area contributed by atoms with Crippen LogP contribution in [0.4, 0.5) is 16.2 Å². The predicted octanol–water partition coefficient (Wildman–Crippen LogP) is 2.16. The van der Waals surface area contributed by atoms with Gasteiger partial charge in [-0.25, -0.2) is 9.69 Å². The van der Waals surface area contributed by atoms with Crippen LogP contribution in [0.5, 0.6) is 11.5 Å². The smallest absolute Gasteiger partial charge is 0.335 e. The van der Waals surface area contributed by atoms with E-state index in [0.29, 0.717) is 22.9 Å². The van der Waals surface area contributed by atoms with Crippen molar-refractivity contribution in [3.8, 4) is 11.5 Å². The van der Waals surface area contributed by atoms with Crippen LogP contribution in [0.1, 0.15) is 5.56 Å². The van der Waals surface area contributed by atoms with Gasteiger partial charge >= 0.3 is 6.03 Å². The van der Waals surface area contributed by atoms with Crippen molar-refractivity contribution in [3.63, 3.8) is 0 Å². The number of barbiturate groups is 1. The zero-order valence-electron chi connectivity index (χ0n) is 16.5. The number of carbonyl (C=O) groups excluding carboxylic acids is 3. The van der Waals surface area contributed by atoms with E-state index in [1.807, 2.05) is 24.3 Å². The predicted molar refractivity (Wildman–Crippen MR) is 115 cm³/mol. The number of imide groups is 2. The molecule has 31 heavy (non-hydrogen) atoms. The molecule has 158 valence electrons. The molecule has 9 heteroatoms. The van der Waals surface area contributed by atoms with Crippen molar-refractivity contribution in [1.82, 2.24) is 5.32 Å². The number of hydrogen-bond donors (Lipinski definition) is 1. The number of thioether (sulfide) groups is 1. The van der Waals surface area contributed by atoms with Crippen LogP contribution in [-0.4, -0.2) is 48.7 Å². The topological polar surface area (TPSA) is 88.2 Å². The Labute approximate surface area is 182 Å². The highest BCUT2D eigenvalue weighted by Gasteiger charge is 2.62. The summed E-state index contributed by atoms with van der Waals surface area (Å²) in [4.78, 5) is 43.5. The highest BCUT2D eigenvalue weighted by molar-refractivity contribution is 7.99.